The third kappa shape index (κ3) is 16.4. The molecule has 4 aliphatic heterocycles. The lowest BCUT2D eigenvalue weighted by atomic mass is 9.93. The summed E-state index contributed by atoms with van der Waals surface area (Å²) >= 11 is 0. The molecule has 5 aromatic rings. The first-order valence-corrected chi connectivity index (χ1v) is 39.6. The largest absolute Gasteiger partial charge is 0.353 e. The maximum Gasteiger partial charge on any atom is 0.132 e. The Morgan fingerprint density at radius 3 is 1.46 bits per heavy atom. The van der Waals surface area contributed by atoms with E-state index in [9.17, 15) is 0 Å². The Morgan fingerprint density at radius 1 is 0.451 bits per heavy atom. The van der Waals surface area contributed by atoms with Gasteiger partial charge in [0.1, 0.15) is 16.1 Å². The van der Waals surface area contributed by atoms with Crippen LogP contribution in [0.2, 0.25) is 38.3 Å². The van der Waals surface area contributed by atoms with Crippen LogP contribution in [0.25, 0.3) is 33.8 Å². The molecule has 2 atom stereocenters. The molecule has 4 aromatic carbocycles. The van der Waals surface area contributed by atoms with Crippen molar-refractivity contribution in [3.05, 3.63) is 153 Å². The minimum atomic E-state index is -1.93. The van der Waals surface area contributed by atoms with Crippen LogP contribution in [0.1, 0.15) is 239 Å². The van der Waals surface area contributed by atoms with E-state index in [0.717, 1.165) is 77.7 Å². The number of aliphatic imine (C=N–C) groups is 2. The van der Waals surface area contributed by atoms with Crippen LogP contribution >= 0.6 is 0 Å². The molecule has 82 heavy (non-hydrogen) atoms. The predicted octanol–water partition coefficient (Wildman–Crippen LogP) is 20.0. The highest BCUT2D eigenvalue weighted by Crippen LogP contribution is 2.45. The van der Waals surface area contributed by atoms with Crippen LogP contribution in [-0.2, 0) is 0 Å². The zero-order valence-corrected chi connectivity index (χ0v) is 53.7. The van der Waals surface area contributed by atoms with E-state index in [1.807, 2.05) is 0 Å². The number of aromatic amines is 1. The van der Waals surface area contributed by atoms with Crippen molar-refractivity contribution in [1.82, 2.24) is 10.3 Å². The van der Waals surface area contributed by atoms with E-state index in [1.54, 1.807) is 0 Å². The Labute approximate surface area is 498 Å². The van der Waals surface area contributed by atoms with E-state index in [-0.39, 0.29) is 12.1 Å². The van der Waals surface area contributed by atoms with Gasteiger partial charge < -0.3 is 4.98 Å². The highest BCUT2D eigenvalue weighted by atomic mass is 28.3. The maximum atomic E-state index is 5.70. The van der Waals surface area contributed by atoms with Crippen molar-refractivity contribution >= 4 is 61.4 Å². The predicted molar refractivity (Wildman–Crippen MR) is 362 cm³/mol. The van der Waals surface area contributed by atoms with Crippen molar-refractivity contribution in [3.63, 3.8) is 0 Å². The SMILES string of the molecule is CCCCCCCCCCCCCCCC[Si](C)(C)C#C/C1=C2N=C(/C=c3\[nH]/c(c4ccccc34)=C(/C#C[Si](C)(C)CCCCCCCCCCCCCCCC)C3=N/C(=C\C4NC1c1ccccc14)c1ccccc13)c1ccccc1/2. The van der Waals surface area contributed by atoms with Crippen LogP contribution in [0, 0.1) is 22.9 Å². The summed E-state index contributed by atoms with van der Waals surface area (Å²) < 4.78 is 0. The van der Waals surface area contributed by atoms with Gasteiger partial charge in [0.25, 0.3) is 0 Å². The number of fused-ring (bicyclic) bond motifs is 18. The Bertz CT molecular complexity index is 3320. The third-order valence-corrected chi connectivity index (χ3v) is 22.9. The average Bonchev–Trinajstić information content (AvgIpc) is 4.02. The van der Waals surface area contributed by atoms with Gasteiger partial charge >= 0.3 is 0 Å². The van der Waals surface area contributed by atoms with Crippen molar-refractivity contribution in [2.45, 2.75) is 244 Å². The number of rotatable bonds is 30. The average molecular weight is 1130 g/mol. The molecule has 0 spiro atoms. The van der Waals surface area contributed by atoms with Gasteiger partial charge in [-0.3, -0.25) is 5.32 Å². The molecule has 0 saturated carbocycles. The second-order valence-electron chi connectivity index (χ2n) is 26.0. The Balaban J connectivity index is 1.01. The van der Waals surface area contributed by atoms with Gasteiger partial charge in [-0.15, -0.1) is 11.1 Å². The molecule has 5 heterocycles. The Kier molecular flexibility index (Phi) is 23.0. The fourth-order valence-electron chi connectivity index (χ4n) is 13.2. The molecule has 0 amide bonds. The summed E-state index contributed by atoms with van der Waals surface area (Å²) in [4.78, 5) is 15.4. The zero-order chi connectivity index (χ0) is 57.0. The summed E-state index contributed by atoms with van der Waals surface area (Å²) in [5.74, 6) is 7.93. The topological polar surface area (TPSA) is 52.5 Å². The number of hydrogen-bond donors (Lipinski definition) is 2. The molecule has 4 nitrogen and oxygen atoms in total. The van der Waals surface area contributed by atoms with E-state index in [4.69, 9.17) is 9.98 Å². The molecule has 6 heteroatoms. The minimum Gasteiger partial charge on any atom is -0.353 e. The van der Waals surface area contributed by atoms with Gasteiger partial charge in [0, 0.05) is 43.9 Å². The van der Waals surface area contributed by atoms with E-state index in [0.29, 0.717) is 0 Å². The van der Waals surface area contributed by atoms with Crippen molar-refractivity contribution in [1.29, 1.82) is 0 Å². The van der Waals surface area contributed by atoms with Gasteiger partial charge in [0.2, 0.25) is 0 Å². The zero-order valence-electron chi connectivity index (χ0n) is 51.7. The van der Waals surface area contributed by atoms with Crippen LogP contribution in [0.15, 0.2) is 119 Å². The molecule has 0 saturated heterocycles. The van der Waals surface area contributed by atoms with Crippen LogP contribution < -0.4 is 16.0 Å². The number of nitrogens with zero attached hydrogens (tertiary/aromatic N) is 2. The fourth-order valence-corrected chi connectivity index (χ4v) is 16.6. The van der Waals surface area contributed by atoms with Crippen LogP contribution in [0.4, 0.5) is 0 Å². The van der Waals surface area contributed by atoms with Gasteiger partial charge in [-0.05, 0) is 35.4 Å². The minimum absolute atomic E-state index is 0.0889. The lowest BCUT2D eigenvalue weighted by molar-refractivity contribution is 0.538. The first-order valence-electron chi connectivity index (χ1n) is 33.2. The molecular formula is C76H100N4Si2. The lowest BCUT2D eigenvalue weighted by Crippen LogP contribution is -2.24. The van der Waals surface area contributed by atoms with Gasteiger partial charge in [-0.2, -0.15) is 0 Å². The smallest absolute Gasteiger partial charge is 0.132 e. The second-order valence-corrected chi connectivity index (χ2v) is 35.0. The lowest BCUT2D eigenvalue weighted by Gasteiger charge is -2.18. The molecule has 0 fully saturated rings. The second kappa shape index (κ2) is 30.9. The van der Waals surface area contributed by atoms with Gasteiger partial charge in [-0.1, -0.05) is 329 Å². The highest BCUT2D eigenvalue weighted by molar-refractivity contribution is 6.85. The summed E-state index contributed by atoms with van der Waals surface area (Å²) in [7, 11) is -3.84. The van der Waals surface area contributed by atoms with Crippen LogP contribution in [0.3, 0.4) is 0 Å². The van der Waals surface area contributed by atoms with Crippen molar-refractivity contribution in [2.75, 3.05) is 0 Å². The van der Waals surface area contributed by atoms with Crippen LogP contribution in [-0.4, -0.2) is 32.6 Å². The Morgan fingerprint density at radius 2 is 0.902 bits per heavy atom. The molecule has 9 rings (SSSR count). The molecule has 4 aliphatic rings. The van der Waals surface area contributed by atoms with Crippen LogP contribution in [0.5, 0.6) is 0 Å². The summed E-state index contributed by atoms with van der Waals surface area (Å²) in [5, 5.41) is 8.56. The molecule has 1 aromatic heterocycles. The number of nitrogens with one attached hydrogen (secondary N) is 2. The number of aromatic nitrogens is 1. The van der Waals surface area contributed by atoms with E-state index in [2.05, 4.69) is 182 Å². The molecule has 2 unspecified atom stereocenters. The molecular weight excluding hydrogens is 1030 g/mol. The first kappa shape index (κ1) is 61.1. The van der Waals surface area contributed by atoms with Crippen molar-refractivity contribution < 1.29 is 0 Å². The standard InChI is InChI=1S/C76H100N4Si2/c1-7-9-11-13-15-17-19-21-23-25-27-29-31-41-53-81(3,4)55-51-67-73-63-47-37-33-43-59(63)69(77-73)57-71-61-45-35-39-49-65(61)75(79-71)68(52-56-82(5,6)54-42-32-30-28-26-24-22-20-18-16-14-12-10-8-2)76-66-50-40-36-46-62(66)72(80-76)58-70-60-44-34-38-48-64(60)74(67)78-70/h33-40,43-50,57-58,69,73,77,80H,7-32,41-42,53-54H2,1-6H3/b71-57-,72-58-,74-67-,76-68-. The monoisotopic (exact) mass is 1120 g/mol. The molecule has 8 bridgehead atoms. The van der Waals surface area contributed by atoms with Crippen molar-refractivity contribution in [3.8, 4) is 22.9 Å². The summed E-state index contributed by atoms with van der Waals surface area (Å²) in [6.07, 6.45) is 43.3. The summed E-state index contributed by atoms with van der Waals surface area (Å²) in [6, 6.07) is 37.7. The molecule has 0 radical (unpaired) electrons. The Hall–Kier alpha value is -5.51. The number of H-pyrrole nitrogens is 1. The normalized spacial score (nSPS) is 18.8. The van der Waals surface area contributed by atoms with E-state index < -0.39 is 16.1 Å². The van der Waals surface area contributed by atoms with Crippen molar-refractivity contribution in [2.24, 2.45) is 9.98 Å². The van der Waals surface area contributed by atoms with Gasteiger partial charge in [-0.25, -0.2) is 9.98 Å². The summed E-state index contributed by atoms with van der Waals surface area (Å²) in [5.41, 5.74) is 21.1. The fraction of sp³-hybridized carbons (Fsp3) is 0.500. The number of benzene rings is 4. The quantitative estimate of drug-likeness (QED) is 0.0269. The number of hydrogen-bond acceptors (Lipinski definition) is 3. The summed E-state index contributed by atoms with van der Waals surface area (Å²) in [6.45, 7) is 14.5. The first-order chi connectivity index (χ1) is 40.1. The number of unbranched alkanes of at least 4 members (excludes halogenated alkanes) is 26. The molecule has 0 aliphatic carbocycles. The molecule has 2 N–H and O–H groups in total. The third-order valence-electron chi connectivity index (χ3n) is 18.1. The van der Waals surface area contributed by atoms with Gasteiger partial charge in [0.05, 0.1) is 45.8 Å². The maximum absolute atomic E-state index is 5.70. The van der Waals surface area contributed by atoms with E-state index >= 15 is 0 Å². The molecule has 432 valence electrons. The van der Waals surface area contributed by atoms with E-state index in [1.165, 1.54) is 203 Å². The highest BCUT2D eigenvalue weighted by Gasteiger charge is 2.36. The van der Waals surface area contributed by atoms with Gasteiger partial charge in [0.15, 0.2) is 0 Å².